The van der Waals surface area contributed by atoms with Crippen LogP contribution in [0.1, 0.15) is 33.6 Å². The lowest BCUT2D eigenvalue weighted by Crippen LogP contribution is -2.17. The largest absolute Gasteiger partial charge is 0.378 e. The summed E-state index contributed by atoms with van der Waals surface area (Å²) in [6.07, 6.45) is 3.85. The number of rotatable bonds is 4. The van der Waals surface area contributed by atoms with Crippen molar-refractivity contribution in [3.8, 4) is 5.69 Å². The standard InChI is InChI=1S/C24H26N4O.ClH/c1-15-9-10-23(29)28(13-15)20-11-22(24-26-18(4)19(5)27(24)14-20)25-12-21-16(2)7-6-8-17(21)3;/h6-11,13-14,25H,12H2,1-5H3;1H. The fourth-order valence-corrected chi connectivity index (χ4v) is 3.73. The van der Waals surface area contributed by atoms with Gasteiger partial charge in [0.05, 0.1) is 17.1 Å². The smallest absolute Gasteiger partial charge is 0.255 e. The maximum atomic E-state index is 12.5. The van der Waals surface area contributed by atoms with Gasteiger partial charge in [-0.2, -0.15) is 0 Å². The lowest BCUT2D eigenvalue weighted by atomic mass is 10.0. The van der Waals surface area contributed by atoms with Crippen LogP contribution in [-0.2, 0) is 6.54 Å². The van der Waals surface area contributed by atoms with Crippen LogP contribution in [0.25, 0.3) is 11.3 Å². The molecule has 156 valence electrons. The number of aryl methyl sites for hydroxylation is 5. The summed E-state index contributed by atoms with van der Waals surface area (Å²) in [4.78, 5) is 17.3. The molecule has 30 heavy (non-hydrogen) atoms. The highest BCUT2D eigenvalue weighted by Crippen LogP contribution is 2.25. The van der Waals surface area contributed by atoms with Crippen molar-refractivity contribution in [1.29, 1.82) is 0 Å². The van der Waals surface area contributed by atoms with Gasteiger partial charge in [0, 0.05) is 30.7 Å². The summed E-state index contributed by atoms with van der Waals surface area (Å²) in [7, 11) is 0. The first-order chi connectivity index (χ1) is 13.8. The van der Waals surface area contributed by atoms with E-state index in [4.69, 9.17) is 4.98 Å². The molecule has 0 saturated carbocycles. The third-order valence-electron chi connectivity index (χ3n) is 5.62. The second kappa shape index (κ2) is 8.36. The van der Waals surface area contributed by atoms with Crippen LogP contribution in [0, 0.1) is 34.6 Å². The normalized spacial score (nSPS) is 10.8. The van der Waals surface area contributed by atoms with Crippen LogP contribution < -0.4 is 10.9 Å². The first kappa shape index (κ1) is 21.7. The van der Waals surface area contributed by atoms with Crippen molar-refractivity contribution in [3.05, 3.63) is 92.8 Å². The van der Waals surface area contributed by atoms with Gasteiger partial charge in [0.15, 0.2) is 5.65 Å². The van der Waals surface area contributed by atoms with E-state index in [1.165, 1.54) is 16.7 Å². The highest BCUT2D eigenvalue weighted by atomic mass is 35.5. The van der Waals surface area contributed by atoms with Crippen molar-refractivity contribution in [2.45, 2.75) is 41.2 Å². The Labute approximate surface area is 182 Å². The second-order valence-corrected chi connectivity index (χ2v) is 7.73. The molecular formula is C24H27ClN4O. The number of halogens is 1. The molecule has 3 heterocycles. The van der Waals surface area contributed by atoms with Crippen molar-refractivity contribution in [2.75, 3.05) is 5.32 Å². The number of aromatic nitrogens is 3. The molecule has 0 aliphatic carbocycles. The molecule has 0 amide bonds. The molecule has 0 bridgehead atoms. The van der Waals surface area contributed by atoms with Crippen molar-refractivity contribution >= 4 is 23.7 Å². The van der Waals surface area contributed by atoms with Crippen LogP contribution in [0.2, 0.25) is 0 Å². The van der Waals surface area contributed by atoms with Crippen LogP contribution in [0.4, 0.5) is 5.69 Å². The van der Waals surface area contributed by atoms with Crippen molar-refractivity contribution in [3.63, 3.8) is 0 Å². The molecule has 1 aromatic carbocycles. The molecule has 0 saturated heterocycles. The summed E-state index contributed by atoms with van der Waals surface area (Å²) in [6.45, 7) is 11.0. The first-order valence-electron chi connectivity index (χ1n) is 9.83. The topological polar surface area (TPSA) is 51.3 Å². The predicted octanol–water partition coefficient (Wildman–Crippen LogP) is 5.06. The molecule has 0 fully saturated rings. The van der Waals surface area contributed by atoms with Crippen molar-refractivity contribution in [1.82, 2.24) is 14.0 Å². The zero-order valence-corrected chi connectivity index (χ0v) is 18.8. The predicted molar refractivity (Wildman–Crippen MR) is 125 cm³/mol. The van der Waals surface area contributed by atoms with Crippen molar-refractivity contribution in [2.24, 2.45) is 0 Å². The van der Waals surface area contributed by atoms with Gasteiger partial charge in [-0.25, -0.2) is 4.98 Å². The van der Waals surface area contributed by atoms with Crippen LogP contribution in [-0.4, -0.2) is 14.0 Å². The summed E-state index contributed by atoms with van der Waals surface area (Å²) < 4.78 is 3.75. The highest BCUT2D eigenvalue weighted by Gasteiger charge is 2.13. The molecule has 1 N–H and O–H groups in total. The summed E-state index contributed by atoms with van der Waals surface area (Å²) in [5.74, 6) is 0. The lowest BCUT2D eigenvalue weighted by molar-refractivity contribution is 0.949. The number of anilines is 1. The van der Waals surface area contributed by atoms with Gasteiger partial charge in [0.2, 0.25) is 0 Å². The Hall–Kier alpha value is -3.05. The molecule has 0 atom stereocenters. The van der Waals surface area contributed by atoms with Crippen LogP contribution in [0.3, 0.4) is 0 Å². The maximum absolute atomic E-state index is 12.5. The SMILES string of the molecule is Cc1ccc(=O)n(-c2cc(NCc3c(C)cccc3C)c3nc(C)c(C)n3c2)c1.Cl. The molecule has 3 aromatic heterocycles. The Bertz CT molecular complexity index is 1270. The fraction of sp³-hybridized carbons (Fsp3) is 0.250. The first-order valence-corrected chi connectivity index (χ1v) is 9.83. The van der Waals surface area contributed by atoms with Gasteiger partial charge in [-0.1, -0.05) is 24.3 Å². The van der Waals surface area contributed by atoms with Crippen LogP contribution >= 0.6 is 12.4 Å². The molecule has 0 aliphatic rings. The second-order valence-electron chi connectivity index (χ2n) is 7.73. The summed E-state index contributed by atoms with van der Waals surface area (Å²) in [5, 5.41) is 3.57. The van der Waals surface area contributed by atoms with Gasteiger partial charge in [-0.15, -0.1) is 12.4 Å². The molecule has 0 unspecified atom stereocenters. The molecule has 0 radical (unpaired) electrons. The monoisotopic (exact) mass is 422 g/mol. The Balaban J connectivity index is 0.00000256. The maximum Gasteiger partial charge on any atom is 0.255 e. The number of fused-ring (bicyclic) bond motifs is 1. The van der Waals surface area contributed by atoms with Gasteiger partial charge in [-0.05, 0) is 62.9 Å². The van der Waals surface area contributed by atoms with E-state index >= 15 is 0 Å². The van der Waals surface area contributed by atoms with E-state index in [0.29, 0.717) is 6.54 Å². The van der Waals surface area contributed by atoms with Gasteiger partial charge < -0.3 is 9.72 Å². The van der Waals surface area contributed by atoms with E-state index in [1.807, 2.05) is 45.3 Å². The third kappa shape index (κ3) is 3.85. The fourth-order valence-electron chi connectivity index (χ4n) is 3.73. The Morgan fingerprint density at radius 1 is 0.967 bits per heavy atom. The molecule has 4 rings (SSSR count). The van der Waals surface area contributed by atoms with E-state index in [1.54, 1.807) is 10.6 Å². The minimum absolute atomic E-state index is 0. The number of hydrogen-bond acceptors (Lipinski definition) is 3. The molecular weight excluding hydrogens is 396 g/mol. The summed E-state index contributed by atoms with van der Waals surface area (Å²) in [6, 6.07) is 11.8. The summed E-state index contributed by atoms with van der Waals surface area (Å²) in [5.41, 5.74) is 9.43. The average molecular weight is 423 g/mol. The number of pyridine rings is 2. The Morgan fingerprint density at radius 3 is 2.37 bits per heavy atom. The number of imidazole rings is 1. The van der Waals surface area contributed by atoms with Crippen molar-refractivity contribution < 1.29 is 0 Å². The average Bonchev–Trinajstić information content (AvgIpc) is 2.97. The number of hydrogen-bond donors (Lipinski definition) is 1. The van der Waals surface area contributed by atoms with Gasteiger partial charge in [-0.3, -0.25) is 9.36 Å². The van der Waals surface area contributed by atoms with Gasteiger partial charge >= 0.3 is 0 Å². The third-order valence-corrected chi connectivity index (χ3v) is 5.62. The molecule has 0 aliphatic heterocycles. The number of nitrogens with one attached hydrogen (secondary N) is 1. The highest BCUT2D eigenvalue weighted by molar-refractivity contribution is 5.85. The number of benzene rings is 1. The van der Waals surface area contributed by atoms with E-state index in [2.05, 4.69) is 41.8 Å². The molecule has 0 spiro atoms. The Morgan fingerprint density at radius 2 is 1.67 bits per heavy atom. The zero-order valence-electron chi connectivity index (χ0n) is 18.0. The van der Waals surface area contributed by atoms with Gasteiger partial charge in [0.25, 0.3) is 5.56 Å². The molecule has 5 nitrogen and oxygen atoms in total. The molecule has 4 aromatic rings. The Kier molecular flexibility index (Phi) is 6.04. The lowest BCUT2D eigenvalue weighted by Gasteiger charge is -2.15. The quantitative estimate of drug-likeness (QED) is 0.500. The van der Waals surface area contributed by atoms with E-state index in [0.717, 1.165) is 34.0 Å². The number of nitrogens with zero attached hydrogens (tertiary/aromatic N) is 3. The van der Waals surface area contributed by atoms with Crippen LogP contribution in [0.15, 0.2) is 53.6 Å². The molecule has 6 heteroatoms. The van der Waals surface area contributed by atoms with Gasteiger partial charge in [0.1, 0.15) is 0 Å². The minimum Gasteiger partial charge on any atom is -0.378 e. The zero-order chi connectivity index (χ0) is 20.7. The van der Waals surface area contributed by atoms with E-state index in [9.17, 15) is 4.79 Å². The summed E-state index contributed by atoms with van der Waals surface area (Å²) >= 11 is 0. The van der Waals surface area contributed by atoms with Crippen LogP contribution in [0.5, 0.6) is 0 Å². The minimum atomic E-state index is -0.0508. The van der Waals surface area contributed by atoms with E-state index in [-0.39, 0.29) is 18.0 Å². The van der Waals surface area contributed by atoms with E-state index < -0.39 is 0 Å².